The lowest BCUT2D eigenvalue weighted by molar-refractivity contribution is 0.306. The van der Waals surface area contributed by atoms with Crippen molar-refractivity contribution in [2.75, 3.05) is 5.73 Å². The molecule has 0 fully saturated rings. The first-order valence-electron chi connectivity index (χ1n) is 8.07. The lowest BCUT2D eigenvalue weighted by Crippen LogP contribution is -1.97. The summed E-state index contributed by atoms with van der Waals surface area (Å²) in [6, 6.07) is 11.2. The highest BCUT2D eigenvalue weighted by Gasteiger charge is 2.02. The molecule has 0 aliphatic carbocycles. The fourth-order valence-electron chi connectivity index (χ4n) is 1.42. The zero-order chi connectivity index (χ0) is 18.3. The van der Waals surface area contributed by atoms with Gasteiger partial charge in [0.15, 0.2) is 0 Å². The maximum atomic E-state index is 12.9. The van der Waals surface area contributed by atoms with Crippen molar-refractivity contribution in [3.05, 3.63) is 58.9 Å². The number of benzene rings is 2. The van der Waals surface area contributed by atoms with Crippen molar-refractivity contribution in [2.45, 2.75) is 48.1 Å². The Kier molecular flexibility index (Phi) is 15.5. The zero-order valence-corrected chi connectivity index (χ0v) is 15.7. The molecule has 130 valence electrons. The van der Waals surface area contributed by atoms with Gasteiger partial charge in [0.25, 0.3) is 0 Å². The van der Waals surface area contributed by atoms with Crippen molar-refractivity contribution < 1.29 is 9.13 Å². The van der Waals surface area contributed by atoms with Gasteiger partial charge in [0.05, 0.1) is 5.02 Å². The van der Waals surface area contributed by atoms with E-state index in [-0.39, 0.29) is 12.4 Å². The van der Waals surface area contributed by atoms with Crippen LogP contribution in [0.1, 0.15) is 47.1 Å². The van der Waals surface area contributed by atoms with Crippen LogP contribution >= 0.6 is 11.6 Å². The smallest absolute Gasteiger partial charge is 0.138 e. The van der Waals surface area contributed by atoms with Crippen molar-refractivity contribution in [3.8, 4) is 5.75 Å². The average Bonchev–Trinajstić information content (AvgIpc) is 2.60. The van der Waals surface area contributed by atoms with Crippen molar-refractivity contribution >= 4 is 17.3 Å². The summed E-state index contributed by atoms with van der Waals surface area (Å²) in [7, 11) is 0. The number of ether oxygens (including phenoxy) is 1. The minimum atomic E-state index is -0.283. The Hall–Kier alpha value is -1.74. The van der Waals surface area contributed by atoms with Crippen molar-refractivity contribution in [1.29, 1.82) is 0 Å². The van der Waals surface area contributed by atoms with Gasteiger partial charge in [-0.2, -0.15) is 0 Å². The molecule has 0 aliphatic rings. The second-order valence-electron chi connectivity index (χ2n) is 3.61. The summed E-state index contributed by atoms with van der Waals surface area (Å²) < 4.78 is 18.4. The first-order chi connectivity index (χ1) is 11.1. The van der Waals surface area contributed by atoms with Gasteiger partial charge in [-0.1, -0.05) is 65.3 Å². The van der Waals surface area contributed by atoms with Crippen LogP contribution in [0.25, 0.3) is 0 Å². The molecular formula is C19H29ClFNO. The molecule has 2 rings (SSSR count). The Morgan fingerprint density at radius 3 is 2.09 bits per heavy atom. The number of hydrogen-bond acceptors (Lipinski definition) is 2. The normalized spacial score (nSPS) is 8.35. The monoisotopic (exact) mass is 341 g/mol. The van der Waals surface area contributed by atoms with E-state index in [1.54, 1.807) is 30.3 Å². The minimum absolute atomic E-state index is 0.265. The fourth-order valence-corrected chi connectivity index (χ4v) is 1.67. The first-order valence-corrected chi connectivity index (χ1v) is 8.45. The van der Waals surface area contributed by atoms with Crippen molar-refractivity contribution in [1.82, 2.24) is 0 Å². The van der Waals surface area contributed by atoms with Gasteiger partial charge >= 0.3 is 0 Å². The van der Waals surface area contributed by atoms with E-state index in [2.05, 4.69) is 0 Å². The molecule has 0 aromatic heterocycles. The standard InChI is InChI=1S/C13H11ClFNO.3C2H6/c14-12-7-11(16)4-5-13(12)17-8-9-2-1-3-10(15)6-9;3*1-2/h1-7H,8,16H2;3*1-2H3. The van der Waals surface area contributed by atoms with Gasteiger partial charge in [0.2, 0.25) is 0 Å². The number of halogens is 2. The van der Waals surface area contributed by atoms with Crippen LogP contribution in [0.3, 0.4) is 0 Å². The van der Waals surface area contributed by atoms with Crippen LogP contribution in [0, 0.1) is 5.82 Å². The van der Waals surface area contributed by atoms with E-state index < -0.39 is 0 Å². The molecule has 0 saturated carbocycles. The summed E-state index contributed by atoms with van der Waals surface area (Å²) in [5.41, 5.74) is 6.89. The van der Waals surface area contributed by atoms with Gasteiger partial charge < -0.3 is 10.5 Å². The largest absolute Gasteiger partial charge is 0.487 e. The van der Waals surface area contributed by atoms with Gasteiger partial charge in [0, 0.05) is 5.69 Å². The topological polar surface area (TPSA) is 35.2 Å². The predicted molar refractivity (Wildman–Crippen MR) is 101 cm³/mol. The molecule has 0 unspecified atom stereocenters. The van der Waals surface area contributed by atoms with Gasteiger partial charge in [-0.15, -0.1) is 0 Å². The Bertz CT molecular complexity index is 533. The molecule has 0 aliphatic heterocycles. The van der Waals surface area contributed by atoms with Gasteiger partial charge in [-0.05, 0) is 35.9 Å². The van der Waals surface area contributed by atoms with Crippen LogP contribution in [0.5, 0.6) is 5.75 Å². The maximum Gasteiger partial charge on any atom is 0.138 e. The van der Waals surface area contributed by atoms with Crippen LogP contribution in [-0.2, 0) is 6.61 Å². The third kappa shape index (κ3) is 9.80. The van der Waals surface area contributed by atoms with Crippen LogP contribution in [0.15, 0.2) is 42.5 Å². The molecular weight excluding hydrogens is 313 g/mol. The lowest BCUT2D eigenvalue weighted by atomic mass is 10.2. The van der Waals surface area contributed by atoms with E-state index in [9.17, 15) is 4.39 Å². The Morgan fingerprint density at radius 1 is 0.957 bits per heavy atom. The number of anilines is 1. The van der Waals surface area contributed by atoms with E-state index >= 15 is 0 Å². The molecule has 0 bridgehead atoms. The van der Waals surface area contributed by atoms with E-state index in [0.717, 1.165) is 5.56 Å². The number of nitrogens with two attached hydrogens (primary N) is 1. The van der Waals surface area contributed by atoms with Gasteiger partial charge in [-0.25, -0.2) is 4.39 Å². The van der Waals surface area contributed by atoms with Crippen LogP contribution < -0.4 is 10.5 Å². The Labute approximate surface area is 145 Å². The van der Waals surface area contributed by atoms with Gasteiger partial charge in [-0.3, -0.25) is 0 Å². The summed E-state index contributed by atoms with van der Waals surface area (Å²) >= 11 is 5.95. The quantitative estimate of drug-likeness (QED) is 0.629. The predicted octanol–water partition coefficient (Wildman–Crippen LogP) is 6.72. The SMILES string of the molecule is CC.CC.CC.Nc1ccc(OCc2cccc(F)c2)c(Cl)c1. The number of hydrogen-bond donors (Lipinski definition) is 1. The molecule has 0 heterocycles. The molecule has 0 radical (unpaired) electrons. The second kappa shape index (κ2) is 15.2. The molecule has 0 atom stereocenters. The van der Waals surface area contributed by atoms with Crippen molar-refractivity contribution in [2.24, 2.45) is 0 Å². The summed E-state index contributed by atoms with van der Waals surface area (Å²) in [6.45, 7) is 12.3. The molecule has 23 heavy (non-hydrogen) atoms. The summed E-state index contributed by atoms with van der Waals surface area (Å²) in [5.74, 6) is 0.250. The molecule has 2 aromatic carbocycles. The second-order valence-corrected chi connectivity index (χ2v) is 4.02. The minimum Gasteiger partial charge on any atom is -0.487 e. The first kappa shape index (κ1) is 23.5. The summed E-state index contributed by atoms with van der Waals surface area (Å²) in [4.78, 5) is 0. The van der Waals surface area contributed by atoms with Crippen LogP contribution in [-0.4, -0.2) is 0 Å². The molecule has 2 N–H and O–H groups in total. The zero-order valence-electron chi connectivity index (χ0n) is 15.0. The highest BCUT2D eigenvalue weighted by atomic mass is 35.5. The van der Waals surface area contributed by atoms with Crippen LogP contribution in [0.4, 0.5) is 10.1 Å². The molecule has 4 heteroatoms. The van der Waals surface area contributed by atoms with E-state index in [1.165, 1.54) is 12.1 Å². The fraction of sp³-hybridized carbons (Fsp3) is 0.368. The highest BCUT2D eigenvalue weighted by molar-refractivity contribution is 6.32. The van der Waals surface area contributed by atoms with Crippen molar-refractivity contribution in [3.63, 3.8) is 0 Å². The average molecular weight is 342 g/mol. The van der Waals surface area contributed by atoms with E-state index in [0.29, 0.717) is 16.5 Å². The molecule has 0 spiro atoms. The number of rotatable bonds is 3. The van der Waals surface area contributed by atoms with Crippen LogP contribution in [0.2, 0.25) is 5.02 Å². The number of nitrogen functional groups attached to an aromatic ring is 1. The van der Waals surface area contributed by atoms with E-state index in [4.69, 9.17) is 22.1 Å². The Morgan fingerprint density at radius 2 is 1.57 bits per heavy atom. The third-order valence-corrected chi connectivity index (χ3v) is 2.53. The molecule has 2 aromatic rings. The third-order valence-electron chi connectivity index (χ3n) is 2.24. The lowest BCUT2D eigenvalue weighted by Gasteiger charge is -2.08. The maximum absolute atomic E-state index is 12.9. The molecule has 0 amide bonds. The molecule has 0 saturated heterocycles. The molecule has 2 nitrogen and oxygen atoms in total. The summed E-state index contributed by atoms with van der Waals surface area (Å²) in [6.07, 6.45) is 0. The van der Waals surface area contributed by atoms with Gasteiger partial charge in [0.1, 0.15) is 18.2 Å². The summed E-state index contributed by atoms with van der Waals surface area (Å²) in [5, 5.41) is 0.446. The van der Waals surface area contributed by atoms with E-state index in [1.807, 2.05) is 41.5 Å². The Balaban J connectivity index is 0. The highest BCUT2D eigenvalue weighted by Crippen LogP contribution is 2.27.